The van der Waals surface area contributed by atoms with E-state index in [0.29, 0.717) is 5.56 Å². The Morgan fingerprint density at radius 1 is 1.36 bits per heavy atom. The van der Waals surface area contributed by atoms with Crippen molar-refractivity contribution in [3.63, 3.8) is 0 Å². The number of hydrogen-bond donors (Lipinski definition) is 0. The number of benzene rings is 1. The highest BCUT2D eigenvalue weighted by Crippen LogP contribution is 2.21. The van der Waals surface area contributed by atoms with Crippen molar-refractivity contribution in [3.05, 3.63) is 54.3 Å². The highest BCUT2D eigenvalue weighted by Gasteiger charge is 2.41. The molecule has 114 valence electrons. The molecule has 1 amide bonds. The van der Waals surface area contributed by atoms with E-state index in [0.717, 1.165) is 0 Å². The molecule has 0 aliphatic heterocycles. The van der Waals surface area contributed by atoms with E-state index < -0.39 is 11.5 Å². The Bertz CT molecular complexity index is 648. The summed E-state index contributed by atoms with van der Waals surface area (Å²) in [5.41, 5.74) is 1.71. The van der Waals surface area contributed by atoms with E-state index in [9.17, 15) is 9.59 Å². The maximum absolute atomic E-state index is 12.8. The maximum Gasteiger partial charge on any atom is 0.336 e. The second-order valence-electron chi connectivity index (χ2n) is 4.67. The number of ether oxygens (including phenoxy) is 1. The van der Waals surface area contributed by atoms with Crippen molar-refractivity contribution in [1.29, 1.82) is 0 Å². The van der Waals surface area contributed by atoms with Crippen LogP contribution in [0.2, 0.25) is 0 Å². The number of carbonyl (C=O) groups excluding carboxylic acids is 2. The molecule has 1 rings (SSSR count). The molecular weight excluding hydrogens is 278 g/mol. The lowest BCUT2D eigenvalue weighted by Crippen LogP contribution is -2.54. The molecule has 0 bridgehead atoms. The summed E-state index contributed by atoms with van der Waals surface area (Å²) in [5.74, 6) is 4.66. The molecule has 0 spiro atoms. The Balaban J connectivity index is 3.36. The smallest absolute Gasteiger partial charge is 0.336 e. The molecule has 4 heteroatoms. The van der Waals surface area contributed by atoms with Crippen molar-refractivity contribution >= 4 is 11.9 Å². The summed E-state index contributed by atoms with van der Waals surface area (Å²) in [6, 6.07) is 8.70. The maximum atomic E-state index is 12.8. The normalized spacial score (nSPS) is 12.0. The fourth-order valence-electron chi connectivity index (χ4n) is 1.99. The van der Waals surface area contributed by atoms with Gasteiger partial charge in [-0.05, 0) is 32.1 Å². The van der Waals surface area contributed by atoms with Crippen molar-refractivity contribution in [1.82, 2.24) is 4.90 Å². The standard InChI is InChI=1S/C18H19NO3/c1-5-7-14-19(16(20)15-11-9-8-10-12-15)18(3,13-6-2)17(21)22-4/h8-13H,2,14H2,1,3-4H3. The van der Waals surface area contributed by atoms with E-state index >= 15 is 0 Å². The average molecular weight is 297 g/mol. The van der Waals surface area contributed by atoms with Gasteiger partial charge in [0.15, 0.2) is 5.54 Å². The number of carbonyl (C=O) groups is 2. The fraction of sp³-hybridized carbons (Fsp3) is 0.278. The number of methoxy groups -OCH3 is 1. The van der Waals surface area contributed by atoms with Gasteiger partial charge in [0.05, 0.1) is 13.7 Å². The van der Waals surface area contributed by atoms with Gasteiger partial charge in [0, 0.05) is 5.56 Å². The van der Waals surface area contributed by atoms with Crippen LogP contribution in [0.25, 0.3) is 0 Å². The summed E-state index contributed by atoms with van der Waals surface area (Å²) in [6.45, 7) is 6.84. The monoisotopic (exact) mass is 297 g/mol. The van der Waals surface area contributed by atoms with Crippen molar-refractivity contribution in [2.45, 2.75) is 19.4 Å². The summed E-state index contributed by atoms with van der Waals surface area (Å²) in [5, 5.41) is 0. The first-order valence-electron chi connectivity index (χ1n) is 6.73. The molecule has 0 saturated carbocycles. The SMILES string of the molecule is C=C=CC(C)(C(=O)OC)N(CC#CC)C(=O)c1ccccc1. The van der Waals surface area contributed by atoms with Crippen LogP contribution in [0.1, 0.15) is 24.2 Å². The summed E-state index contributed by atoms with van der Waals surface area (Å²) in [6.07, 6.45) is 1.41. The zero-order chi connectivity index (χ0) is 16.6. The summed E-state index contributed by atoms with van der Waals surface area (Å²) < 4.78 is 4.83. The minimum Gasteiger partial charge on any atom is -0.467 e. The summed E-state index contributed by atoms with van der Waals surface area (Å²) in [7, 11) is 1.27. The Morgan fingerprint density at radius 2 is 2.00 bits per heavy atom. The van der Waals surface area contributed by atoms with Gasteiger partial charge in [-0.2, -0.15) is 0 Å². The lowest BCUT2D eigenvalue weighted by Gasteiger charge is -2.35. The van der Waals surface area contributed by atoms with E-state index in [2.05, 4.69) is 24.2 Å². The number of rotatable bonds is 5. The lowest BCUT2D eigenvalue weighted by molar-refractivity contribution is -0.149. The third-order valence-corrected chi connectivity index (χ3v) is 3.22. The van der Waals surface area contributed by atoms with Crippen molar-refractivity contribution in [2.75, 3.05) is 13.7 Å². The minimum atomic E-state index is -1.33. The van der Waals surface area contributed by atoms with Gasteiger partial charge in [-0.3, -0.25) is 4.79 Å². The molecular formula is C18H19NO3. The van der Waals surface area contributed by atoms with E-state index in [-0.39, 0.29) is 12.5 Å². The van der Waals surface area contributed by atoms with Gasteiger partial charge in [-0.25, -0.2) is 4.79 Å². The van der Waals surface area contributed by atoms with Gasteiger partial charge < -0.3 is 9.64 Å². The van der Waals surface area contributed by atoms with E-state index in [1.54, 1.807) is 38.1 Å². The van der Waals surface area contributed by atoms with E-state index in [4.69, 9.17) is 4.74 Å². The van der Waals surface area contributed by atoms with Gasteiger partial charge in [0.1, 0.15) is 0 Å². The van der Waals surface area contributed by atoms with Crippen LogP contribution in [0.3, 0.4) is 0 Å². The molecule has 0 radical (unpaired) electrons. The third kappa shape index (κ3) is 3.66. The molecule has 0 N–H and O–H groups in total. The molecule has 0 aromatic heterocycles. The van der Waals surface area contributed by atoms with Crippen LogP contribution in [-0.4, -0.2) is 36.0 Å². The first-order valence-corrected chi connectivity index (χ1v) is 6.73. The molecule has 0 saturated heterocycles. The zero-order valence-electron chi connectivity index (χ0n) is 13.1. The lowest BCUT2D eigenvalue weighted by atomic mass is 9.98. The van der Waals surface area contributed by atoms with Gasteiger partial charge in [0.25, 0.3) is 5.91 Å². The molecule has 1 aromatic carbocycles. The quantitative estimate of drug-likeness (QED) is 0.476. The molecule has 4 nitrogen and oxygen atoms in total. The van der Waals surface area contributed by atoms with Crippen LogP contribution in [0.4, 0.5) is 0 Å². The third-order valence-electron chi connectivity index (χ3n) is 3.22. The minimum absolute atomic E-state index is 0.0913. The molecule has 0 aliphatic carbocycles. The molecule has 0 heterocycles. The molecule has 0 fully saturated rings. The number of hydrogen-bond acceptors (Lipinski definition) is 3. The zero-order valence-corrected chi connectivity index (χ0v) is 13.1. The van der Waals surface area contributed by atoms with Crippen LogP contribution in [0, 0.1) is 11.8 Å². The molecule has 0 aliphatic rings. The van der Waals surface area contributed by atoms with Crippen molar-refractivity contribution in [3.8, 4) is 11.8 Å². The second kappa shape index (κ2) is 7.87. The highest BCUT2D eigenvalue weighted by molar-refractivity contribution is 5.99. The predicted octanol–water partition coefficient (Wildman–Crippen LogP) is 2.42. The van der Waals surface area contributed by atoms with Crippen LogP contribution in [0.15, 0.2) is 48.7 Å². The van der Waals surface area contributed by atoms with Gasteiger partial charge >= 0.3 is 5.97 Å². The largest absolute Gasteiger partial charge is 0.467 e. The van der Waals surface area contributed by atoms with Gasteiger partial charge in [0.2, 0.25) is 0 Å². The molecule has 1 aromatic rings. The van der Waals surface area contributed by atoms with Crippen LogP contribution >= 0.6 is 0 Å². The number of amides is 1. The number of nitrogens with zero attached hydrogens (tertiary/aromatic N) is 1. The van der Waals surface area contributed by atoms with Gasteiger partial charge in [-0.1, -0.05) is 30.7 Å². The predicted molar refractivity (Wildman–Crippen MR) is 85.1 cm³/mol. The Labute approximate surface area is 131 Å². The average Bonchev–Trinajstić information content (AvgIpc) is 2.55. The number of esters is 1. The van der Waals surface area contributed by atoms with Gasteiger partial charge in [-0.15, -0.1) is 11.7 Å². The topological polar surface area (TPSA) is 46.6 Å². The van der Waals surface area contributed by atoms with Crippen molar-refractivity contribution in [2.24, 2.45) is 0 Å². The first kappa shape index (κ1) is 17.3. The van der Waals surface area contributed by atoms with Crippen molar-refractivity contribution < 1.29 is 14.3 Å². The fourth-order valence-corrected chi connectivity index (χ4v) is 1.99. The Hall–Kier alpha value is -2.76. The molecule has 1 atom stereocenters. The van der Waals surface area contributed by atoms with Crippen LogP contribution in [0.5, 0.6) is 0 Å². The van der Waals surface area contributed by atoms with Crippen LogP contribution < -0.4 is 0 Å². The summed E-state index contributed by atoms with van der Waals surface area (Å²) >= 11 is 0. The van der Waals surface area contributed by atoms with E-state index in [1.165, 1.54) is 18.1 Å². The molecule has 22 heavy (non-hydrogen) atoms. The highest BCUT2D eigenvalue weighted by atomic mass is 16.5. The van der Waals surface area contributed by atoms with Crippen LogP contribution in [-0.2, 0) is 9.53 Å². The Morgan fingerprint density at radius 3 is 2.50 bits per heavy atom. The Kier molecular flexibility index (Phi) is 6.19. The molecule has 1 unspecified atom stereocenters. The second-order valence-corrected chi connectivity index (χ2v) is 4.67. The first-order chi connectivity index (χ1) is 10.5. The van der Waals surface area contributed by atoms with E-state index in [1.807, 2.05) is 6.07 Å². The summed E-state index contributed by atoms with van der Waals surface area (Å²) in [4.78, 5) is 26.3.